The molecule has 23 heavy (non-hydrogen) atoms. The summed E-state index contributed by atoms with van der Waals surface area (Å²) in [5.41, 5.74) is 3.41. The van der Waals surface area contributed by atoms with E-state index >= 15 is 0 Å². The first-order valence-electron chi connectivity index (χ1n) is 8.12. The van der Waals surface area contributed by atoms with Crippen LogP contribution in [0.2, 0.25) is 0 Å². The fourth-order valence-corrected chi connectivity index (χ4v) is 2.73. The van der Waals surface area contributed by atoms with Crippen LogP contribution in [0.1, 0.15) is 42.5 Å². The van der Waals surface area contributed by atoms with Gasteiger partial charge in [-0.2, -0.15) is 0 Å². The molecule has 2 aromatic carbocycles. The van der Waals surface area contributed by atoms with Crippen LogP contribution in [-0.2, 0) is 11.2 Å². The second-order valence-corrected chi connectivity index (χ2v) is 5.74. The van der Waals surface area contributed by atoms with Gasteiger partial charge < -0.3 is 10.1 Å². The minimum atomic E-state index is 0.0845. The molecule has 0 aliphatic heterocycles. The molecule has 1 N–H and O–H groups in total. The van der Waals surface area contributed by atoms with E-state index in [2.05, 4.69) is 30.4 Å². The van der Waals surface area contributed by atoms with Gasteiger partial charge in [-0.3, -0.25) is 4.79 Å². The molecule has 0 radical (unpaired) electrons. The summed E-state index contributed by atoms with van der Waals surface area (Å²) in [5, 5.41) is 3.13. The molecule has 0 saturated carbocycles. The number of aryl methyl sites for hydroxylation is 2. The highest BCUT2D eigenvalue weighted by molar-refractivity contribution is 5.76. The number of nitrogens with one attached hydrogen (secondary N) is 1. The molecule has 2 aromatic rings. The SMILES string of the molecule is CCC(NC(=O)CCc1ccc(OC)c(C)c1)c1ccccc1. The third-order valence-corrected chi connectivity index (χ3v) is 4.05. The van der Waals surface area contributed by atoms with Crippen molar-refractivity contribution in [1.82, 2.24) is 5.32 Å². The van der Waals surface area contributed by atoms with Crippen LogP contribution < -0.4 is 10.1 Å². The molecule has 0 fully saturated rings. The number of rotatable bonds is 7. The first-order valence-corrected chi connectivity index (χ1v) is 8.12. The predicted octanol–water partition coefficient (Wildman–Crippen LogP) is 4.20. The van der Waals surface area contributed by atoms with Crippen LogP contribution in [-0.4, -0.2) is 13.0 Å². The van der Waals surface area contributed by atoms with Crippen LogP contribution in [0.5, 0.6) is 5.75 Å². The van der Waals surface area contributed by atoms with Crippen LogP contribution in [0.15, 0.2) is 48.5 Å². The summed E-state index contributed by atoms with van der Waals surface area (Å²) in [5.74, 6) is 0.975. The average Bonchev–Trinajstić information content (AvgIpc) is 2.58. The Morgan fingerprint density at radius 1 is 1.17 bits per heavy atom. The van der Waals surface area contributed by atoms with Crippen LogP contribution >= 0.6 is 0 Å². The maximum Gasteiger partial charge on any atom is 0.220 e. The van der Waals surface area contributed by atoms with Crippen LogP contribution in [0.3, 0.4) is 0 Å². The van der Waals surface area contributed by atoms with Crippen molar-refractivity contribution in [3.05, 3.63) is 65.2 Å². The molecule has 0 aromatic heterocycles. The summed E-state index contributed by atoms with van der Waals surface area (Å²) in [7, 11) is 1.67. The van der Waals surface area contributed by atoms with Crippen molar-refractivity contribution in [2.45, 2.75) is 39.2 Å². The summed E-state index contributed by atoms with van der Waals surface area (Å²) < 4.78 is 5.26. The van der Waals surface area contributed by atoms with E-state index in [0.29, 0.717) is 6.42 Å². The molecule has 0 heterocycles. The Bertz CT molecular complexity index is 637. The molecule has 122 valence electrons. The highest BCUT2D eigenvalue weighted by atomic mass is 16.5. The maximum atomic E-state index is 12.2. The topological polar surface area (TPSA) is 38.3 Å². The molecule has 1 atom stereocenters. The Morgan fingerprint density at radius 2 is 1.91 bits per heavy atom. The number of ether oxygens (including phenoxy) is 1. The zero-order valence-electron chi connectivity index (χ0n) is 14.1. The minimum absolute atomic E-state index is 0.0845. The van der Waals surface area contributed by atoms with Crippen molar-refractivity contribution in [2.24, 2.45) is 0 Å². The van der Waals surface area contributed by atoms with Crippen molar-refractivity contribution >= 4 is 5.91 Å². The summed E-state index contributed by atoms with van der Waals surface area (Å²) in [6.45, 7) is 4.11. The van der Waals surface area contributed by atoms with E-state index in [9.17, 15) is 4.79 Å². The summed E-state index contributed by atoms with van der Waals surface area (Å²) >= 11 is 0. The standard InChI is InChI=1S/C20H25NO2/c1-4-18(17-8-6-5-7-9-17)21-20(22)13-11-16-10-12-19(23-3)15(2)14-16/h5-10,12,14,18H,4,11,13H2,1-3H3,(H,21,22). The molecule has 0 aliphatic rings. The summed E-state index contributed by atoms with van der Waals surface area (Å²) in [6.07, 6.45) is 2.12. The van der Waals surface area contributed by atoms with Crippen molar-refractivity contribution in [2.75, 3.05) is 7.11 Å². The molecule has 3 nitrogen and oxygen atoms in total. The first-order chi connectivity index (χ1) is 11.1. The average molecular weight is 311 g/mol. The molecule has 0 aliphatic carbocycles. The molecule has 3 heteroatoms. The van der Waals surface area contributed by atoms with Crippen LogP contribution in [0.4, 0.5) is 0 Å². The molecule has 0 saturated heterocycles. The molecule has 0 spiro atoms. The van der Waals surface area contributed by atoms with Gasteiger partial charge in [0.15, 0.2) is 0 Å². The molecule has 1 unspecified atom stereocenters. The maximum absolute atomic E-state index is 12.2. The molecule has 1 amide bonds. The third-order valence-electron chi connectivity index (χ3n) is 4.05. The van der Waals surface area contributed by atoms with Crippen molar-refractivity contribution < 1.29 is 9.53 Å². The highest BCUT2D eigenvalue weighted by Gasteiger charge is 2.12. The summed E-state index contributed by atoms with van der Waals surface area (Å²) in [4.78, 5) is 12.2. The zero-order chi connectivity index (χ0) is 16.7. The van der Waals surface area contributed by atoms with E-state index < -0.39 is 0 Å². The van der Waals surface area contributed by atoms with Gasteiger partial charge in [-0.25, -0.2) is 0 Å². The van der Waals surface area contributed by atoms with Gasteiger partial charge in [0.05, 0.1) is 13.2 Å². The Kier molecular flexibility index (Phi) is 6.21. The van der Waals surface area contributed by atoms with E-state index in [1.807, 2.05) is 37.3 Å². The number of hydrogen-bond acceptors (Lipinski definition) is 2. The highest BCUT2D eigenvalue weighted by Crippen LogP contribution is 2.20. The Hall–Kier alpha value is -2.29. The second-order valence-electron chi connectivity index (χ2n) is 5.74. The van der Waals surface area contributed by atoms with Gasteiger partial charge in [-0.1, -0.05) is 49.4 Å². The van der Waals surface area contributed by atoms with Gasteiger partial charge in [0.25, 0.3) is 0 Å². The normalized spacial score (nSPS) is 11.8. The molecular formula is C20H25NO2. The zero-order valence-corrected chi connectivity index (χ0v) is 14.1. The number of hydrogen-bond donors (Lipinski definition) is 1. The number of carbonyl (C=O) groups is 1. The number of carbonyl (C=O) groups excluding carboxylic acids is 1. The Morgan fingerprint density at radius 3 is 2.52 bits per heavy atom. The van der Waals surface area contributed by atoms with Gasteiger partial charge in [0.1, 0.15) is 5.75 Å². The Balaban J connectivity index is 1.90. The van der Waals surface area contributed by atoms with E-state index in [1.165, 1.54) is 0 Å². The lowest BCUT2D eigenvalue weighted by Crippen LogP contribution is -2.28. The minimum Gasteiger partial charge on any atom is -0.496 e. The Labute approximate surface area is 138 Å². The lowest BCUT2D eigenvalue weighted by atomic mass is 10.0. The fourth-order valence-electron chi connectivity index (χ4n) is 2.73. The van der Waals surface area contributed by atoms with E-state index in [-0.39, 0.29) is 11.9 Å². The predicted molar refractivity (Wildman–Crippen MR) is 93.7 cm³/mol. The molecular weight excluding hydrogens is 286 g/mol. The van der Waals surface area contributed by atoms with Crippen molar-refractivity contribution in [1.29, 1.82) is 0 Å². The van der Waals surface area contributed by atoms with Crippen LogP contribution in [0, 0.1) is 6.92 Å². The second kappa shape index (κ2) is 8.37. The monoisotopic (exact) mass is 311 g/mol. The van der Waals surface area contributed by atoms with E-state index in [0.717, 1.165) is 35.3 Å². The number of methoxy groups -OCH3 is 1. The van der Waals surface area contributed by atoms with Crippen molar-refractivity contribution in [3.63, 3.8) is 0 Å². The third kappa shape index (κ3) is 4.85. The van der Waals surface area contributed by atoms with Gasteiger partial charge in [-0.15, -0.1) is 0 Å². The first kappa shape index (κ1) is 17.1. The van der Waals surface area contributed by atoms with Crippen molar-refractivity contribution in [3.8, 4) is 5.75 Å². The lowest BCUT2D eigenvalue weighted by molar-refractivity contribution is -0.121. The summed E-state index contributed by atoms with van der Waals surface area (Å²) in [6, 6.07) is 16.3. The van der Waals surface area contributed by atoms with Gasteiger partial charge in [-0.05, 0) is 42.5 Å². The lowest BCUT2D eigenvalue weighted by Gasteiger charge is -2.17. The van der Waals surface area contributed by atoms with Gasteiger partial charge in [0, 0.05) is 6.42 Å². The molecule has 0 bridgehead atoms. The van der Waals surface area contributed by atoms with Crippen LogP contribution in [0.25, 0.3) is 0 Å². The molecule has 2 rings (SSSR count). The van der Waals surface area contributed by atoms with E-state index in [1.54, 1.807) is 7.11 Å². The fraction of sp³-hybridized carbons (Fsp3) is 0.350. The van der Waals surface area contributed by atoms with Gasteiger partial charge >= 0.3 is 0 Å². The largest absolute Gasteiger partial charge is 0.496 e. The van der Waals surface area contributed by atoms with Gasteiger partial charge in [0.2, 0.25) is 5.91 Å². The number of amides is 1. The van der Waals surface area contributed by atoms with E-state index in [4.69, 9.17) is 4.74 Å². The quantitative estimate of drug-likeness (QED) is 0.832. The smallest absolute Gasteiger partial charge is 0.220 e. The number of benzene rings is 2.